The molecule has 0 saturated carbocycles. The molecule has 1 N–H and O–H groups in total. The van der Waals surface area contributed by atoms with Gasteiger partial charge in [-0.05, 0) is 30.3 Å². The molecule has 0 fully saturated rings. The molecule has 1 aromatic heterocycles. The maximum absolute atomic E-state index is 6.10. The molecule has 0 amide bonds. The highest BCUT2D eigenvalue weighted by atomic mass is 79.9. The van der Waals surface area contributed by atoms with Gasteiger partial charge in [-0.15, -0.1) is 0 Å². The van der Waals surface area contributed by atoms with Crippen molar-refractivity contribution in [3.63, 3.8) is 0 Å². The van der Waals surface area contributed by atoms with Gasteiger partial charge in [0.05, 0.1) is 20.9 Å². The summed E-state index contributed by atoms with van der Waals surface area (Å²) in [5, 5.41) is 4.78. The lowest BCUT2D eigenvalue weighted by Gasteiger charge is -2.03. The average Bonchev–Trinajstić information content (AvgIpc) is 2.73. The first kappa shape index (κ1) is 12.0. The highest BCUT2D eigenvalue weighted by Gasteiger charge is 2.06. The van der Waals surface area contributed by atoms with E-state index in [9.17, 15) is 0 Å². The molecule has 0 aliphatic rings. The molecule has 0 radical (unpaired) electrons. The van der Waals surface area contributed by atoms with Crippen molar-refractivity contribution in [2.45, 2.75) is 0 Å². The van der Waals surface area contributed by atoms with Gasteiger partial charge >= 0.3 is 0 Å². The second-order valence-electron chi connectivity index (χ2n) is 3.74. The summed E-state index contributed by atoms with van der Waals surface area (Å²) in [5.74, 6) is 0. The topological polar surface area (TPSA) is 24.9 Å². The first-order chi connectivity index (χ1) is 8.72. The summed E-state index contributed by atoms with van der Waals surface area (Å²) in [6, 6.07) is 13.7. The van der Waals surface area contributed by atoms with Crippen molar-refractivity contribution in [1.82, 2.24) is 4.98 Å². The van der Waals surface area contributed by atoms with Crippen LogP contribution in [0.15, 0.2) is 46.9 Å². The Kier molecular flexibility index (Phi) is 3.24. The number of halogens is 2. The number of nitrogens with zero attached hydrogens (tertiary/aromatic N) is 1. The van der Waals surface area contributed by atoms with E-state index in [2.05, 4.69) is 32.3 Å². The molecule has 0 aliphatic heterocycles. The van der Waals surface area contributed by atoms with E-state index in [4.69, 9.17) is 11.6 Å². The molecule has 0 unspecified atom stereocenters. The number of nitrogens with one attached hydrogen (secondary N) is 1. The molecule has 0 bridgehead atoms. The van der Waals surface area contributed by atoms with Gasteiger partial charge in [-0.3, -0.25) is 0 Å². The van der Waals surface area contributed by atoms with Crippen molar-refractivity contribution >= 4 is 59.9 Å². The van der Waals surface area contributed by atoms with E-state index in [1.165, 1.54) is 0 Å². The summed E-state index contributed by atoms with van der Waals surface area (Å²) >= 11 is 11.2. The minimum absolute atomic E-state index is 0.693. The number of para-hydroxylation sites is 1. The zero-order valence-corrected chi connectivity index (χ0v) is 12.3. The molecule has 0 aliphatic carbocycles. The number of anilines is 2. The molecule has 18 heavy (non-hydrogen) atoms. The van der Waals surface area contributed by atoms with Gasteiger partial charge in [-0.1, -0.05) is 51.0 Å². The second-order valence-corrected chi connectivity index (χ2v) is 6.09. The van der Waals surface area contributed by atoms with Crippen LogP contribution < -0.4 is 5.32 Å². The fourth-order valence-corrected chi connectivity index (χ4v) is 3.02. The van der Waals surface area contributed by atoms with Crippen LogP contribution in [0.5, 0.6) is 0 Å². The Balaban J connectivity index is 1.98. The van der Waals surface area contributed by atoms with Gasteiger partial charge in [0.1, 0.15) is 0 Å². The maximum atomic E-state index is 6.10. The smallest absolute Gasteiger partial charge is 0.188 e. The minimum Gasteiger partial charge on any atom is -0.330 e. The van der Waals surface area contributed by atoms with Crippen LogP contribution in [0.3, 0.4) is 0 Å². The summed E-state index contributed by atoms with van der Waals surface area (Å²) in [6.45, 7) is 0. The molecule has 0 saturated heterocycles. The molecule has 2 nitrogen and oxygen atoms in total. The molecule has 0 spiro atoms. The van der Waals surface area contributed by atoms with Crippen molar-refractivity contribution in [2.75, 3.05) is 5.32 Å². The Morgan fingerprint density at radius 2 is 2.00 bits per heavy atom. The summed E-state index contributed by atoms with van der Waals surface area (Å²) in [4.78, 5) is 4.53. The van der Waals surface area contributed by atoms with Crippen molar-refractivity contribution in [1.29, 1.82) is 0 Å². The molecule has 2 aromatic carbocycles. The number of rotatable bonds is 2. The van der Waals surface area contributed by atoms with E-state index in [1.54, 1.807) is 11.3 Å². The number of thiazole rings is 1. The van der Waals surface area contributed by atoms with E-state index in [0.29, 0.717) is 5.02 Å². The molecule has 3 aromatic rings. The van der Waals surface area contributed by atoms with Crippen LogP contribution in [0.2, 0.25) is 5.02 Å². The average molecular weight is 340 g/mol. The number of benzene rings is 2. The Morgan fingerprint density at radius 1 is 1.17 bits per heavy atom. The van der Waals surface area contributed by atoms with E-state index in [1.807, 2.05) is 36.4 Å². The Bertz CT molecular complexity index is 711. The quantitative estimate of drug-likeness (QED) is 0.671. The van der Waals surface area contributed by atoms with Crippen molar-refractivity contribution in [2.24, 2.45) is 0 Å². The third-order valence-electron chi connectivity index (χ3n) is 2.47. The summed E-state index contributed by atoms with van der Waals surface area (Å²) in [7, 11) is 0. The number of hydrogen-bond acceptors (Lipinski definition) is 3. The number of aromatic nitrogens is 1. The highest BCUT2D eigenvalue weighted by Crippen LogP contribution is 2.32. The van der Waals surface area contributed by atoms with Gasteiger partial charge in [0, 0.05) is 4.47 Å². The predicted octanol–water partition coefficient (Wildman–Crippen LogP) is 5.46. The van der Waals surface area contributed by atoms with Gasteiger partial charge in [-0.2, -0.15) is 0 Å². The van der Waals surface area contributed by atoms with Gasteiger partial charge in [0.2, 0.25) is 0 Å². The molecular formula is C13H8BrClN2S. The Morgan fingerprint density at radius 3 is 2.83 bits per heavy atom. The third-order valence-corrected chi connectivity index (χ3v) is 4.24. The monoisotopic (exact) mass is 338 g/mol. The maximum Gasteiger partial charge on any atom is 0.188 e. The normalized spacial score (nSPS) is 10.8. The molecule has 3 rings (SSSR count). The van der Waals surface area contributed by atoms with Crippen LogP contribution in [0.4, 0.5) is 10.8 Å². The second kappa shape index (κ2) is 4.88. The third kappa shape index (κ3) is 2.36. The first-order valence-corrected chi connectivity index (χ1v) is 7.29. The summed E-state index contributed by atoms with van der Waals surface area (Å²) < 4.78 is 2.18. The van der Waals surface area contributed by atoms with Gasteiger partial charge in [0.25, 0.3) is 0 Å². The van der Waals surface area contributed by atoms with Crippen LogP contribution in [-0.4, -0.2) is 4.98 Å². The highest BCUT2D eigenvalue weighted by molar-refractivity contribution is 9.10. The van der Waals surface area contributed by atoms with E-state index < -0.39 is 0 Å². The van der Waals surface area contributed by atoms with Crippen LogP contribution >= 0.6 is 38.9 Å². The summed E-state index contributed by atoms with van der Waals surface area (Å²) in [6.07, 6.45) is 0. The van der Waals surface area contributed by atoms with Crippen molar-refractivity contribution in [3.8, 4) is 0 Å². The number of fused-ring (bicyclic) bond motifs is 1. The minimum atomic E-state index is 0.693. The van der Waals surface area contributed by atoms with Crippen molar-refractivity contribution < 1.29 is 0 Å². The van der Waals surface area contributed by atoms with Gasteiger partial charge in [0.15, 0.2) is 5.13 Å². The van der Waals surface area contributed by atoms with Crippen LogP contribution in [0.25, 0.3) is 10.2 Å². The van der Waals surface area contributed by atoms with Crippen LogP contribution in [0, 0.1) is 0 Å². The zero-order chi connectivity index (χ0) is 12.5. The molecule has 0 atom stereocenters. The van der Waals surface area contributed by atoms with Gasteiger partial charge in [-0.25, -0.2) is 4.98 Å². The molecule has 90 valence electrons. The number of hydrogen-bond donors (Lipinski definition) is 1. The first-order valence-electron chi connectivity index (χ1n) is 5.30. The Labute approximate surface area is 122 Å². The van der Waals surface area contributed by atoms with Gasteiger partial charge < -0.3 is 5.32 Å². The fraction of sp³-hybridized carbons (Fsp3) is 0. The van der Waals surface area contributed by atoms with Crippen LogP contribution in [0.1, 0.15) is 0 Å². The van der Waals surface area contributed by atoms with E-state index in [-0.39, 0.29) is 0 Å². The lowest BCUT2D eigenvalue weighted by atomic mass is 10.3. The SMILES string of the molecule is Clc1ccccc1Nc1nc2cc(Br)ccc2s1. The largest absolute Gasteiger partial charge is 0.330 e. The molecule has 5 heteroatoms. The molecular weight excluding hydrogens is 332 g/mol. The fourth-order valence-electron chi connectivity index (χ4n) is 1.63. The lowest BCUT2D eigenvalue weighted by Crippen LogP contribution is -1.89. The molecule has 1 heterocycles. The lowest BCUT2D eigenvalue weighted by molar-refractivity contribution is 1.44. The predicted molar refractivity (Wildman–Crippen MR) is 82.1 cm³/mol. The van der Waals surface area contributed by atoms with Crippen LogP contribution in [-0.2, 0) is 0 Å². The summed E-state index contributed by atoms with van der Waals surface area (Å²) in [5.41, 5.74) is 1.85. The van der Waals surface area contributed by atoms with E-state index in [0.717, 1.165) is 25.5 Å². The Hall–Kier alpha value is -1.10. The van der Waals surface area contributed by atoms with E-state index >= 15 is 0 Å². The zero-order valence-electron chi connectivity index (χ0n) is 9.15. The standard InChI is InChI=1S/C13H8BrClN2S/c14-8-5-6-12-11(7-8)17-13(18-12)16-10-4-2-1-3-9(10)15/h1-7H,(H,16,17). The van der Waals surface area contributed by atoms with Crippen molar-refractivity contribution in [3.05, 3.63) is 52.0 Å².